The van der Waals surface area contributed by atoms with Gasteiger partial charge in [-0.15, -0.1) is 0 Å². The molecule has 1 heterocycles. The lowest BCUT2D eigenvalue weighted by atomic mass is 10.1. The van der Waals surface area contributed by atoms with Gasteiger partial charge in [0.15, 0.2) is 6.61 Å². The zero-order valence-corrected chi connectivity index (χ0v) is 16.0. The number of amides is 2. The van der Waals surface area contributed by atoms with Gasteiger partial charge in [0.1, 0.15) is 5.82 Å². The molecule has 4 rings (SSSR count). The second-order valence-corrected chi connectivity index (χ2v) is 7.06. The van der Waals surface area contributed by atoms with Crippen LogP contribution < -0.4 is 10.2 Å². The van der Waals surface area contributed by atoms with E-state index < -0.39 is 30.2 Å². The van der Waals surface area contributed by atoms with Crippen LogP contribution in [-0.4, -0.2) is 30.9 Å². The zero-order valence-electron chi connectivity index (χ0n) is 16.0. The Balaban J connectivity index is 1.34. The van der Waals surface area contributed by atoms with E-state index in [1.807, 2.05) is 36.4 Å². The highest BCUT2D eigenvalue weighted by atomic mass is 19.1. The van der Waals surface area contributed by atoms with E-state index in [-0.39, 0.29) is 18.9 Å². The summed E-state index contributed by atoms with van der Waals surface area (Å²) in [5, 5.41) is 4.62. The third kappa shape index (κ3) is 4.15. The van der Waals surface area contributed by atoms with E-state index in [4.69, 9.17) is 4.74 Å². The first-order chi connectivity index (χ1) is 14.5. The Labute approximate surface area is 172 Å². The van der Waals surface area contributed by atoms with Crippen LogP contribution in [0.4, 0.5) is 15.8 Å². The molecule has 1 atom stereocenters. The summed E-state index contributed by atoms with van der Waals surface area (Å²) in [5.74, 6) is -2.39. The second kappa shape index (κ2) is 8.32. The first-order valence-corrected chi connectivity index (χ1v) is 9.51. The highest BCUT2D eigenvalue weighted by molar-refractivity contribution is 6.03. The number of nitrogens with one attached hydrogen (secondary N) is 1. The van der Waals surface area contributed by atoms with Crippen molar-refractivity contribution in [2.24, 2.45) is 5.92 Å². The Bertz CT molecular complexity index is 1110. The lowest BCUT2D eigenvalue weighted by Gasteiger charge is -2.16. The van der Waals surface area contributed by atoms with Gasteiger partial charge < -0.3 is 15.0 Å². The minimum atomic E-state index is -0.673. The molecule has 3 aromatic carbocycles. The summed E-state index contributed by atoms with van der Waals surface area (Å²) in [4.78, 5) is 38.2. The Kier molecular flexibility index (Phi) is 5.43. The summed E-state index contributed by atoms with van der Waals surface area (Å²) in [6, 6.07) is 18.6. The molecule has 1 saturated heterocycles. The van der Waals surface area contributed by atoms with Crippen molar-refractivity contribution < 1.29 is 23.5 Å². The Hall–Kier alpha value is -3.74. The number of halogens is 1. The number of rotatable bonds is 5. The summed E-state index contributed by atoms with van der Waals surface area (Å²) < 4.78 is 18.2. The number of ether oxygens (including phenoxy) is 1. The molecule has 1 aliphatic rings. The van der Waals surface area contributed by atoms with E-state index in [0.717, 1.165) is 10.8 Å². The molecule has 0 radical (unpaired) electrons. The van der Waals surface area contributed by atoms with Gasteiger partial charge in [0, 0.05) is 29.7 Å². The molecule has 0 saturated carbocycles. The predicted octanol–water partition coefficient (Wildman–Crippen LogP) is 3.51. The number of esters is 1. The molecule has 30 heavy (non-hydrogen) atoms. The number of benzene rings is 3. The van der Waals surface area contributed by atoms with Crippen LogP contribution in [0.3, 0.4) is 0 Å². The van der Waals surface area contributed by atoms with E-state index in [9.17, 15) is 18.8 Å². The minimum absolute atomic E-state index is 0.0127. The highest BCUT2D eigenvalue weighted by Gasteiger charge is 2.36. The van der Waals surface area contributed by atoms with Crippen LogP contribution in [0.2, 0.25) is 0 Å². The number of carbonyl (C=O) groups excluding carboxylic acids is 3. The van der Waals surface area contributed by atoms with Crippen LogP contribution >= 0.6 is 0 Å². The predicted molar refractivity (Wildman–Crippen MR) is 110 cm³/mol. The van der Waals surface area contributed by atoms with Gasteiger partial charge in [-0.1, -0.05) is 36.4 Å². The number of anilines is 2. The van der Waals surface area contributed by atoms with Crippen LogP contribution in [0.25, 0.3) is 10.8 Å². The number of hydrogen-bond acceptors (Lipinski definition) is 4. The molecular formula is C23H19FN2O4. The Morgan fingerprint density at radius 3 is 2.57 bits per heavy atom. The fourth-order valence-electron chi connectivity index (χ4n) is 3.51. The highest BCUT2D eigenvalue weighted by Crippen LogP contribution is 2.26. The zero-order chi connectivity index (χ0) is 21.1. The van der Waals surface area contributed by atoms with Crippen molar-refractivity contribution in [1.82, 2.24) is 0 Å². The maximum absolute atomic E-state index is 13.1. The van der Waals surface area contributed by atoms with Crippen molar-refractivity contribution in [3.05, 3.63) is 72.5 Å². The molecule has 6 nitrogen and oxygen atoms in total. The van der Waals surface area contributed by atoms with Gasteiger partial charge in [0.05, 0.1) is 5.92 Å². The molecule has 0 aromatic heterocycles. The molecule has 152 valence electrons. The van der Waals surface area contributed by atoms with Gasteiger partial charge in [0.25, 0.3) is 5.91 Å². The number of hydrogen-bond donors (Lipinski definition) is 1. The van der Waals surface area contributed by atoms with E-state index >= 15 is 0 Å². The molecule has 0 aliphatic carbocycles. The normalized spacial score (nSPS) is 16.0. The SMILES string of the molecule is O=C(COC(=O)[C@@H]1CC(=O)N(c2ccc(F)cc2)C1)Nc1cccc2ccccc12. The van der Waals surface area contributed by atoms with Gasteiger partial charge in [-0.05, 0) is 35.7 Å². The van der Waals surface area contributed by atoms with Crippen LogP contribution in [0.15, 0.2) is 66.7 Å². The summed E-state index contributed by atoms with van der Waals surface area (Å²) in [6.45, 7) is -0.308. The molecule has 7 heteroatoms. The maximum Gasteiger partial charge on any atom is 0.311 e. The quantitative estimate of drug-likeness (QED) is 0.658. The third-order valence-corrected chi connectivity index (χ3v) is 5.01. The number of fused-ring (bicyclic) bond motifs is 1. The summed E-state index contributed by atoms with van der Waals surface area (Å²) in [5.41, 5.74) is 1.15. The van der Waals surface area contributed by atoms with E-state index in [0.29, 0.717) is 11.4 Å². The fraction of sp³-hybridized carbons (Fsp3) is 0.174. The molecule has 2 amide bonds. The van der Waals surface area contributed by atoms with Gasteiger partial charge >= 0.3 is 5.97 Å². The van der Waals surface area contributed by atoms with Crippen molar-refractivity contribution in [3.8, 4) is 0 Å². The van der Waals surface area contributed by atoms with Crippen LogP contribution in [0, 0.1) is 11.7 Å². The van der Waals surface area contributed by atoms with E-state index in [2.05, 4.69) is 5.32 Å². The summed E-state index contributed by atoms with van der Waals surface area (Å²) in [7, 11) is 0. The first-order valence-electron chi connectivity index (χ1n) is 9.51. The monoisotopic (exact) mass is 406 g/mol. The van der Waals surface area contributed by atoms with Crippen LogP contribution in [0.1, 0.15) is 6.42 Å². The standard InChI is InChI=1S/C23H19FN2O4/c24-17-8-10-18(11-9-17)26-13-16(12-22(26)28)23(29)30-14-21(27)25-20-7-3-5-15-4-1-2-6-19(15)20/h1-11,16H,12-14H2,(H,25,27)/t16-/m1/s1. The van der Waals surface area contributed by atoms with Gasteiger partial charge in [-0.25, -0.2) is 4.39 Å². The van der Waals surface area contributed by atoms with E-state index in [1.54, 1.807) is 6.07 Å². The lowest BCUT2D eigenvalue weighted by Crippen LogP contribution is -2.28. The largest absolute Gasteiger partial charge is 0.455 e. The van der Waals surface area contributed by atoms with E-state index in [1.165, 1.54) is 29.2 Å². The molecule has 0 bridgehead atoms. The average molecular weight is 406 g/mol. The average Bonchev–Trinajstić information content (AvgIpc) is 3.14. The number of carbonyl (C=O) groups is 3. The smallest absolute Gasteiger partial charge is 0.311 e. The molecule has 3 aromatic rings. The number of nitrogens with zero attached hydrogens (tertiary/aromatic N) is 1. The summed E-state index contributed by atoms with van der Waals surface area (Å²) >= 11 is 0. The molecule has 1 aliphatic heterocycles. The van der Waals surface area contributed by atoms with Crippen LogP contribution in [-0.2, 0) is 19.1 Å². The third-order valence-electron chi connectivity index (χ3n) is 5.01. The maximum atomic E-state index is 13.1. The molecular weight excluding hydrogens is 387 g/mol. The van der Waals surface area contributed by atoms with Gasteiger partial charge in [-0.3, -0.25) is 14.4 Å². The second-order valence-electron chi connectivity index (χ2n) is 7.06. The molecule has 1 fully saturated rings. The van der Waals surface area contributed by atoms with Crippen molar-refractivity contribution >= 4 is 39.9 Å². The summed E-state index contributed by atoms with van der Waals surface area (Å²) in [6.07, 6.45) is -0.0127. The van der Waals surface area contributed by atoms with Crippen molar-refractivity contribution in [1.29, 1.82) is 0 Å². The first kappa shape index (κ1) is 19.6. The van der Waals surface area contributed by atoms with Gasteiger partial charge in [0.2, 0.25) is 5.91 Å². The van der Waals surface area contributed by atoms with Crippen molar-refractivity contribution in [3.63, 3.8) is 0 Å². The van der Waals surface area contributed by atoms with Crippen molar-refractivity contribution in [2.45, 2.75) is 6.42 Å². The fourth-order valence-corrected chi connectivity index (χ4v) is 3.51. The lowest BCUT2D eigenvalue weighted by molar-refractivity contribution is -0.151. The topological polar surface area (TPSA) is 75.7 Å². The molecule has 0 spiro atoms. The molecule has 0 unspecified atom stereocenters. The van der Waals surface area contributed by atoms with Crippen molar-refractivity contribution in [2.75, 3.05) is 23.4 Å². The van der Waals surface area contributed by atoms with Gasteiger partial charge in [-0.2, -0.15) is 0 Å². The molecule has 1 N–H and O–H groups in total. The van der Waals surface area contributed by atoms with Crippen LogP contribution in [0.5, 0.6) is 0 Å². The minimum Gasteiger partial charge on any atom is -0.455 e. The Morgan fingerprint density at radius 2 is 1.77 bits per heavy atom. The Morgan fingerprint density at radius 1 is 1.03 bits per heavy atom.